The summed E-state index contributed by atoms with van der Waals surface area (Å²) in [5, 5.41) is 5.78. The molecule has 1 heterocycles. The van der Waals surface area contributed by atoms with Crippen LogP contribution in [0.4, 0.5) is 23.2 Å². The molecule has 8 nitrogen and oxygen atoms in total. The van der Waals surface area contributed by atoms with Gasteiger partial charge < -0.3 is 14.5 Å². The lowest BCUT2D eigenvalue weighted by Crippen LogP contribution is -2.27. The SMILES string of the molecule is O=C(COC(=O)Cn1nc(-c2ccc(F)cc2)oc1=O)Nc1ccccc1C(F)(F)F. The summed E-state index contributed by atoms with van der Waals surface area (Å²) in [7, 11) is 0. The van der Waals surface area contributed by atoms with Crippen LogP contribution in [-0.4, -0.2) is 28.3 Å². The lowest BCUT2D eigenvalue weighted by Gasteiger charge is -2.13. The molecule has 0 aliphatic carbocycles. The first kappa shape index (κ1) is 21.7. The zero-order valence-corrected chi connectivity index (χ0v) is 15.5. The topological polar surface area (TPSA) is 103 Å². The van der Waals surface area contributed by atoms with Crippen LogP contribution in [0.3, 0.4) is 0 Å². The van der Waals surface area contributed by atoms with Gasteiger partial charge in [-0.1, -0.05) is 12.1 Å². The van der Waals surface area contributed by atoms with Crippen molar-refractivity contribution in [3.63, 3.8) is 0 Å². The molecule has 0 aliphatic rings. The number of benzene rings is 2. The maximum atomic E-state index is 13.0. The van der Waals surface area contributed by atoms with Crippen LogP contribution in [0.1, 0.15) is 5.56 Å². The van der Waals surface area contributed by atoms with E-state index in [0.29, 0.717) is 4.68 Å². The van der Waals surface area contributed by atoms with Gasteiger partial charge in [0.1, 0.15) is 12.4 Å². The minimum absolute atomic E-state index is 0.167. The minimum atomic E-state index is -4.68. The number of rotatable bonds is 6. The number of halogens is 4. The summed E-state index contributed by atoms with van der Waals surface area (Å²) in [6.07, 6.45) is -4.68. The molecule has 0 radical (unpaired) electrons. The van der Waals surface area contributed by atoms with Crippen molar-refractivity contribution >= 4 is 17.6 Å². The van der Waals surface area contributed by atoms with Crippen LogP contribution in [0, 0.1) is 5.82 Å². The maximum absolute atomic E-state index is 13.0. The summed E-state index contributed by atoms with van der Waals surface area (Å²) in [5.74, 6) is -3.74. The molecule has 0 bridgehead atoms. The average Bonchev–Trinajstić information content (AvgIpc) is 3.07. The van der Waals surface area contributed by atoms with Crippen molar-refractivity contribution in [2.45, 2.75) is 12.7 Å². The molecular weight excluding hydrogens is 426 g/mol. The molecule has 2 aromatic carbocycles. The largest absolute Gasteiger partial charge is 0.454 e. The van der Waals surface area contributed by atoms with Gasteiger partial charge >= 0.3 is 17.9 Å². The highest BCUT2D eigenvalue weighted by atomic mass is 19.4. The molecular formula is C19H13F4N3O5. The summed E-state index contributed by atoms with van der Waals surface area (Å²) >= 11 is 0. The Bertz CT molecular complexity index is 1150. The third kappa shape index (κ3) is 5.56. The number of carbonyl (C=O) groups is 2. The van der Waals surface area contributed by atoms with E-state index in [9.17, 15) is 31.9 Å². The van der Waals surface area contributed by atoms with Gasteiger partial charge in [-0.25, -0.2) is 9.18 Å². The number of hydrogen-bond acceptors (Lipinski definition) is 6. The second-order valence-electron chi connectivity index (χ2n) is 6.09. The summed E-state index contributed by atoms with van der Waals surface area (Å²) in [4.78, 5) is 35.5. The van der Waals surface area contributed by atoms with E-state index in [1.807, 2.05) is 5.32 Å². The Morgan fingerprint density at radius 2 is 1.77 bits per heavy atom. The number of amides is 1. The van der Waals surface area contributed by atoms with Crippen LogP contribution in [0.2, 0.25) is 0 Å². The van der Waals surface area contributed by atoms with Crippen LogP contribution in [0.25, 0.3) is 11.5 Å². The molecule has 162 valence electrons. The Hall–Kier alpha value is -3.96. The van der Waals surface area contributed by atoms with Crippen LogP contribution in [0.5, 0.6) is 0 Å². The van der Waals surface area contributed by atoms with Gasteiger partial charge in [0.15, 0.2) is 6.61 Å². The Labute approximate surface area is 171 Å². The molecule has 1 amide bonds. The highest BCUT2D eigenvalue weighted by Gasteiger charge is 2.33. The fraction of sp³-hybridized carbons (Fsp3) is 0.158. The van der Waals surface area contributed by atoms with E-state index >= 15 is 0 Å². The van der Waals surface area contributed by atoms with Gasteiger partial charge in [-0.3, -0.25) is 9.59 Å². The Balaban J connectivity index is 1.58. The van der Waals surface area contributed by atoms with E-state index in [4.69, 9.17) is 4.42 Å². The fourth-order valence-electron chi connectivity index (χ4n) is 2.45. The molecule has 0 saturated heterocycles. The number of nitrogens with one attached hydrogen (secondary N) is 1. The fourth-order valence-corrected chi connectivity index (χ4v) is 2.45. The van der Waals surface area contributed by atoms with Crippen molar-refractivity contribution in [3.8, 4) is 11.5 Å². The number of nitrogens with zero attached hydrogens (tertiary/aromatic N) is 2. The molecule has 1 N–H and O–H groups in total. The zero-order chi connectivity index (χ0) is 22.6. The van der Waals surface area contributed by atoms with E-state index < -0.39 is 54.0 Å². The van der Waals surface area contributed by atoms with Crippen molar-refractivity contribution in [1.82, 2.24) is 9.78 Å². The lowest BCUT2D eigenvalue weighted by molar-refractivity contribution is -0.148. The first-order chi connectivity index (χ1) is 14.6. The van der Waals surface area contributed by atoms with E-state index in [1.54, 1.807) is 0 Å². The summed E-state index contributed by atoms with van der Waals surface area (Å²) in [6.45, 7) is -1.60. The maximum Gasteiger partial charge on any atom is 0.437 e. The first-order valence-corrected chi connectivity index (χ1v) is 8.59. The average molecular weight is 439 g/mol. The van der Waals surface area contributed by atoms with Gasteiger partial charge in [0.25, 0.3) is 5.91 Å². The lowest BCUT2D eigenvalue weighted by atomic mass is 10.1. The van der Waals surface area contributed by atoms with Crippen LogP contribution in [0.15, 0.2) is 57.7 Å². The number of ether oxygens (including phenoxy) is 1. The van der Waals surface area contributed by atoms with Gasteiger partial charge in [-0.2, -0.15) is 17.9 Å². The number of alkyl halides is 3. The molecule has 12 heteroatoms. The number of esters is 1. The summed E-state index contributed by atoms with van der Waals surface area (Å²) < 4.78 is 61.9. The van der Waals surface area contributed by atoms with Gasteiger partial charge in [-0.15, -0.1) is 5.10 Å². The minimum Gasteiger partial charge on any atom is -0.454 e. The molecule has 1 aromatic heterocycles. The van der Waals surface area contributed by atoms with Crippen LogP contribution < -0.4 is 11.1 Å². The second kappa shape index (κ2) is 8.81. The van der Waals surface area contributed by atoms with Gasteiger partial charge in [0, 0.05) is 5.56 Å². The van der Waals surface area contributed by atoms with Crippen LogP contribution >= 0.6 is 0 Å². The third-order valence-corrected chi connectivity index (χ3v) is 3.85. The van der Waals surface area contributed by atoms with E-state index in [1.165, 1.54) is 18.2 Å². The predicted molar refractivity (Wildman–Crippen MR) is 97.2 cm³/mol. The number of hydrogen-bond donors (Lipinski definition) is 1. The molecule has 0 atom stereocenters. The molecule has 0 unspecified atom stereocenters. The molecule has 0 aliphatic heterocycles. The van der Waals surface area contributed by atoms with Gasteiger partial charge in [0.2, 0.25) is 5.89 Å². The van der Waals surface area contributed by atoms with Gasteiger partial charge in [0.05, 0.1) is 11.3 Å². The normalized spacial score (nSPS) is 11.2. The Morgan fingerprint density at radius 3 is 2.45 bits per heavy atom. The summed E-state index contributed by atoms with van der Waals surface area (Å²) in [6, 6.07) is 9.17. The van der Waals surface area contributed by atoms with Crippen LogP contribution in [-0.2, 0) is 27.0 Å². The number of para-hydroxylation sites is 1. The molecule has 0 spiro atoms. The Morgan fingerprint density at radius 1 is 1.10 bits per heavy atom. The predicted octanol–water partition coefficient (Wildman–Crippen LogP) is 2.84. The quantitative estimate of drug-likeness (QED) is 0.468. The highest BCUT2D eigenvalue weighted by Crippen LogP contribution is 2.34. The Kier molecular flexibility index (Phi) is 6.18. The van der Waals surface area contributed by atoms with E-state index in [-0.39, 0.29) is 11.5 Å². The molecule has 3 aromatic rings. The number of carbonyl (C=O) groups excluding carboxylic acids is 2. The molecule has 3 rings (SSSR count). The summed E-state index contributed by atoms with van der Waals surface area (Å²) in [5.41, 5.74) is -1.27. The second-order valence-corrected chi connectivity index (χ2v) is 6.09. The van der Waals surface area contributed by atoms with Crippen molar-refractivity contribution < 1.29 is 36.3 Å². The standard InChI is InChI=1S/C19H13F4N3O5/c20-12-7-5-11(6-8-12)17-25-26(18(29)31-17)9-16(28)30-10-15(27)24-14-4-2-1-3-13(14)19(21,22)23/h1-8H,9-10H2,(H,24,27). The zero-order valence-electron chi connectivity index (χ0n) is 15.5. The highest BCUT2D eigenvalue weighted by molar-refractivity contribution is 5.93. The van der Waals surface area contributed by atoms with E-state index in [0.717, 1.165) is 30.3 Å². The van der Waals surface area contributed by atoms with Crippen molar-refractivity contribution in [1.29, 1.82) is 0 Å². The van der Waals surface area contributed by atoms with Crippen molar-refractivity contribution in [2.75, 3.05) is 11.9 Å². The van der Waals surface area contributed by atoms with Crippen molar-refractivity contribution in [2.24, 2.45) is 0 Å². The number of aromatic nitrogens is 2. The van der Waals surface area contributed by atoms with Crippen molar-refractivity contribution in [3.05, 3.63) is 70.5 Å². The number of anilines is 1. The first-order valence-electron chi connectivity index (χ1n) is 8.59. The molecule has 0 saturated carbocycles. The molecule has 0 fully saturated rings. The molecule has 31 heavy (non-hydrogen) atoms. The van der Waals surface area contributed by atoms with Gasteiger partial charge in [-0.05, 0) is 36.4 Å². The monoisotopic (exact) mass is 439 g/mol. The third-order valence-electron chi connectivity index (χ3n) is 3.85. The van der Waals surface area contributed by atoms with E-state index in [2.05, 4.69) is 9.84 Å². The smallest absolute Gasteiger partial charge is 0.437 e.